The zero-order chi connectivity index (χ0) is 8.55. The molecular weight excluding hydrogens is 152 g/mol. The summed E-state index contributed by atoms with van der Waals surface area (Å²) >= 11 is 0. The van der Waals surface area contributed by atoms with Crippen LogP contribution in [0.2, 0.25) is 0 Å². The second kappa shape index (κ2) is 2.81. The maximum Gasteiger partial charge on any atom is 0.225 e. The SMILES string of the molecule is Cc1noc(N)c1C1CCCC1. The molecule has 0 radical (unpaired) electrons. The average molecular weight is 166 g/mol. The summed E-state index contributed by atoms with van der Waals surface area (Å²) < 4.78 is 4.94. The predicted molar refractivity (Wildman–Crippen MR) is 46.9 cm³/mol. The van der Waals surface area contributed by atoms with Gasteiger partial charge in [0.05, 0.1) is 5.69 Å². The van der Waals surface area contributed by atoms with Gasteiger partial charge >= 0.3 is 0 Å². The van der Waals surface area contributed by atoms with Crippen LogP contribution in [0.3, 0.4) is 0 Å². The second-order valence-corrected chi connectivity index (χ2v) is 3.53. The van der Waals surface area contributed by atoms with Gasteiger partial charge in [0.15, 0.2) is 0 Å². The fourth-order valence-corrected chi connectivity index (χ4v) is 2.11. The Morgan fingerprint density at radius 1 is 1.42 bits per heavy atom. The first-order chi connectivity index (χ1) is 5.79. The summed E-state index contributed by atoms with van der Waals surface area (Å²) in [6.07, 6.45) is 5.11. The highest BCUT2D eigenvalue weighted by molar-refractivity contribution is 5.41. The van der Waals surface area contributed by atoms with Gasteiger partial charge in [0.1, 0.15) is 0 Å². The largest absolute Gasteiger partial charge is 0.367 e. The third-order valence-corrected chi connectivity index (χ3v) is 2.70. The molecule has 1 saturated carbocycles. The molecule has 1 fully saturated rings. The molecule has 3 nitrogen and oxygen atoms in total. The Balaban J connectivity index is 2.30. The van der Waals surface area contributed by atoms with Gasteiger partial charge in [-0.1, -0.05) is 18.0 Å². The van der Waals surface area contributed by atoms with Crippen molar-refractivity contribution in [2.75, 3.05) is 5.73 Å². The Morgan fingerprint density at radius 3 is 2.58 bits per heavy atom. The number of aromatic nitrogens is 1. The summed E-state index contributed by atoms with van der Waals surface area (Å²) in [5, 5.41) is 3.86. The number of nitrogen functional groups attached to an aromatic ring is 1. The summed E-state index contributed by atoms with van der Waals surface area (Å²) in [6, 6.07) is 0. The number of hydrogen-bond acceptors (Lipinski definition) is 3. The molecule has 1 heterocycles. The highest BCUT2D eigenvalue weighted by atomic mass is 16.5. The fourth-order valence-electron chi connectivity index (χ4n) is 2.11. The Labute approximate surface area is 71.9 Å². The van der Waals surface area contributed by atoms with E-state index in [2.05, 4.69) is 5.16 Å². The van der Waals surface area contributed by atoms with E-state index in [4.69, 9.17) is 10.3 Å². The van der Waals surface area contributed by atoms with Crippen LogP contribution < -0.4 is 5.73 Å². The summed E-state index contributed by atoms with van der Waals surface area (Å²) in [5.41, 5.74) is 7.82. The van der Waals surface area contributed by atoms with E-state index in [1.54, 1.807) is 0 Å². The molecule has 1 aromatic rings. The zero-order valence-electron chi connectivity index (χ0n) is 7.34. The molecular formula is C9H14N2O. The maximum atomic E-state index is 5.69. The minimum atomic E-state index is 0.527. The van der Waals surface area contributed by atoms with Gasteiger partial charge in [-0.25, -0.2) is 0 Å². The van der Waals surface area contributed by atoms with Crippen LogP contribution in [0.4, 0.5) is 5.88 Å². The molecule has 1 aliphatic carbocycles. The molecule has 3 heteroatoms. The van der Waals surface area contributed by atoms with Crippen molar-refractivity contribution in [3.05, 3.63) is 11.3 Å². The molecule has 1 aliphatic rings. The van der Waals surface area contributed by atoms with Crippen LogP contribution in [0.5, 0.6) is 0 Å². The van der Waals surface area contributed by atoms with Crippen LogP contribution in [0.25, 0.3) is 0 Å². The molecule has 0 bridgehead atoms. The van der Waals surface area contributed by atoms with Crippen LogP contribution in [0.1, 0.15) is 42.9 Å². The number of hydrogen-bond donors (Lipinski definition) is 1. The molecule has 1 aromatic heterocycles. The number of nitrogens with two attached hydrogens (primary N) is 1. The van der Waals surface area contributed by atoms with Crippen LogP contribution in [0, 0.1) is 6.92 Å². The van der Waals surface area contributed by atoms with Gasteiger partial charge in [0.25, 0.3) is 0 Å². The van der Waals surface area contributed by atoms with Crippen LogP contribution in [0.15, 0.2) is 4.52 Å². The highest BCUT2D eigenvalue weighted by Gasteiger charge is 2.23. The van der Waals surface area contributed by atoms with Crippen LogP contribution >= 0.6 is 0 Å². The van der Waals surface area contributed by atoms with E-state index in [1.165, 1.54) is 25.7 Å². The number of rotatable bonds is 1. The van der Waals surface area contributed by atoms with Gasteiger partial charge < -0.3 is 10.3 Å². The molecule has 0 amide bonds. The number of anilines is 1. The van der Waals surface area contributed by atoms with E-state index < -0.39 is 0 Å². The predicted octanol–water partition coefficient (Wildman–Crippen LogP) is 2.22. The van der Waals surface area contributed by atoms with E-state index in [-0.39, 0.29) is 0 Å². The normalized spacial score (nSPS) is 18.8. The lowest BCUT2D eigenvalue weighted by molar-refractivity contribution is 0.430. The van der Waals surface area contributed by atoms with Gasteiger partial charge in [0, 0.05) is 5.56 Å². The zero-order valence-corrected chi connectivity index (χ0v) is 7.34. The average Bonchev–Trinajstić information content (AvgIpc) is 2.61. The molecule has 0 unspecified atom stereocenters. The van der Waals surface area contributed by atoms with Crippen LogP contribution in [-0.2, 0) is 0 Å². The van der Waals surface area contributed by atoms with E-state index >= 15 is 0 Å². The van der Waals surface area contributed by atoms with Crippen molar-refractivity contribution in [3.8, 4) is 0 Å². The van der Waals surface area contributed by atoms with Crippen molar-refractivity contribution in [2.45, 2.75) is 38.5 Å². The third kappa shape index (κ3) is 1.09. The minimum Gasteiger partial charge on any atom is -0.367 e. The Bertz CT molecular complexity index is 255. The van der Waals surface area contributed by atoms with Gasteiger partial charge in [-0.05, 0) is 25.7 Å². The summed E-state index contributed by atoms with van der Waals surface area (Å²) in [4.78, 5) is 0. The molecule has 0 aromatic carbocycles. The summed E-state index contributed by atoms with van der Waals surface area (Å²) in [5.74, 6) is 1.13. The number of aryl methyl sites for hydroxylation is 1. The molecule has 12 heavy (non-hydrogen) atoms. The van der Waals surface area contributed by atoms with Gasteiger partial charge in [-0.2, -0.15) is 0 Å². The van der Waals surface area contributed by atoms with Gasteiger partial charge in [-0.15, -0.1) is 0 Å². The van der Waals surface area contributed by atoms with E-state index in [0.717, 1.165) is 11.3 Å². The molecule has 2 N–H and O–H groups in total. The lowest BCUT2D eigenvalue weighted by Crippen LogP contribution is -1.97. The molecule has 0 saturated heterocycles. The van der Waals surface area contributed by atoms with Crippen molar-refractivity contribution in [3.63, 3.8) is 0 Å². The lowest BCUT2D eigenvalue weighted by Gasteiger charge is -2.06. The first-order valence-corrected chi connectivity index (χ1v) is 4.50. The standard InChI is InChI=1S/C9H14N2O/c1-6-8(9(10)12-11-6)7-4-2-3-5-7/h7H,2-5,10H2,1H3. The lowest BCUT2D eigenvalue weighted by atomic mass is 9.98. The van der Waals surface area contributed by atoms with E-state index in [0.29, 0.717) is 11.8 Å². The van der Waals surface area contributed by atoms with E-state index in [9.17, 15) is 0 Å². The molecule has 0 atom stereocenters. The maximum absolute atomic E-state index is 5.69. The molecule has 0 spiro atoms. The monoisotopic (exact) mass is 166 g/mol. The highest BCUT2D eigenvalue weighted by Crippen LogP contribution is 2.38. The molecule has 0 aliphatic heterocycles. The summed E-state index contributed by atoms with van der Waals surface area (Å²) in [7, 11) is 0. The smallest absolute Gasteiger partial charge is 0.225 e. The minimum absolute atomic E-state index is 0.527. The van der Waals surface area contributed by atoms with Gasteiger partial charge in [-0.3, -0.25) is 0 Å². The van der Waals surface area contributed by atoms with Crippen molar-refractivity contribution < 1.29 is 4.52 Å². The topological polar surface area (TPSA) is 52.0 Å². The van der Waals surface area contributed by atoms with Crippen molar-refractivity contribution in [1.82, 2.24) is 5.16 Å². The summed E-state index contributed by atoms with van der Waals surface area (Å²) in [6.45, 7) is 1.97. The molecule has 66 valence electrons. The van der Waals surface area contributed by atoms with Crippen molar-refractivity contribution >= 4 is 5.88 Å². The molecule has 2 rings (SSSR count). The Kier molecular flexibility index (Phi) is 1.79. The Hall–Kier alpha value is -0.990. The first-order valence-electron chi connectivity index (χ1n) is 4.50. The quantitative estimate of drug-likeness (QED) is 0.696. The van der Waals surface area contributed by atoms with Crippen LogP contribution in [-0.4, -0.2) is 5.16 Å². The van der Waals surface area contributed by atoms with Crippen molar-refractivity contribution in [2.24, 2.45) is 0 Å². The fraction of sp³-hybridized carbons (Fsp3) is 0.667. The third-order valence-electron chi connectivity index (χ3n) is 2.70. The first kappa shape index (κ1) is 7.65. The van der Waals surface area contributed by atoms with E-state index in [1.807, 2.05) is 6.92 Å². The number of nitrogens with zero attached hydrogens (tertiary/aromatic N) is 1. The second-order valence-electron chi connectivity index (χ2n) is 3.53. The Morgan fingerprint density at radius 2 is 2.08 bits per heavy atom. The van der Waals surface area contributed by atoms with Crippen molar-refractivity contribution in [1.29, 1.82) is 0 Å². The van der Waals surface area contributed by atoms with Gasteiger partial charge in [0.2, 0.25) is 5.88 Å².